The van der Waals surface area contributed by atoms with E-state index in [9.17, 15) is 5.11 Å². The molecule has 0 radical (unpaired) electrons. The standard InChI is InChI=1S/C19H36N4O2.HI/c1-2-20-17(22-16-19(24)9-6-10-19)21-15-18(7-4-3-5-8-18)23-11-13-25-14-12-23;/h24H,2-16H2,1H3,(H2,20,21,22);1H. The molecule has 0 aromatic rings. The molecule has 3 N–H and O–H groups in total. The van der Waals surface area contributed by atoms with Crippen molar-refractivity contribution in [2.75, 3.05) is 45.9 Å². The van der Waals surface area contributed by atoms with Crippen molar-refractivity contribution in [1.82, 2.24) is 15.5 Å². The second-order valence-corrected chi connectivity index (χ2v) is 8.01. The van der Waals surface area contributed by atoms with Crippen LogP contribution in [0, 0.1) is 0 Å². The van der Waals surface area contributed by atoms with Gasteiger partial charge in [0.15, 0.2) is 5.96 Å². The first-order valence-electron chi connectivity index (χ1n) is 10.2. The molecule has 7 heteroatoms. The molecule has 3 rings (SSSR count). The van der Waals surface area contributed by atoms with Crippen molar-refractivity contribution < 1.29 is 9.84 Å². The van der Waals surface area contributed by atoms with E-state index in [4.69, 9.17) is 9.73 Å². The van der Waals surface area contributed by atoms with Crippen molar-refractivity contribution in [2.45, 2.75) is 69.4 Å². The fraction of sp³-hybridized carbons (Fsp3) is 0.947. The number of hydrogen-bond donors (Lipinski definition) is 3. The van der Waals surface area contributed by atoms with E-state index in [1.54, 1.807) is 0 Å². The minimum absolute atomic E-state index is 0. The highest BCUT2D eigenvalue weighted by atomic mass is 127. The Morgan fingerprint density at radius 3 is 2.31 bits per heavy atom. The van der Waals surface area contributed by atoms with Crippen molar-refractivity contribution in [3.63, 3.8) is 0 Å². The van der Waals surface area contributed by atoms with Gasteiger partial charge in [-0.1, -0.05) is 19.3 Å². The summed E-state index contributed by atoms with van der Waals surface area (Å²) in [5.74, 6) is 0.848. The Bertz CT molecular complexity index is 445. The van der Waals surface area contributed by atoms with Gasteiger partial charge in [0, 0.05) is 31.7 Å². The lowest BCUT2D eigenvalue weighted by Crippen LogP contribution is -2.57. The van der Waals surface area contributed by atoms with Crippen LogP contribution in [-0.2, 0) is 4.74 Å². The molecule has 0 bridgehead atoms. The van der Waals surface area contributed by atoms with Gasteiger partial charge in [0.05, 0.1) is 25.4 Å². The molecule has 1 aliphatic heterocycles. The van der Waals surface area contributed by atoms with Crippen LogP contribution in [0.15, 0.2) is 4.99 Å². The van der Waals surface area contributed by atoms with Crippen molar-refractivity contribution in [1.29, 1.82) is 0 Å². The van der Waals surface area contributed by atoms with E-state index in [1.807, 2.05) is 0 Å². The maximum absolute atomic E-state index is 10.3. The first-order valence-corrected chi connectivity index (χ1v) is 10.2. The number of rotatable bonds is 6. The molecule has 2 aliphatic carbocycles. The summed E-state index contributed by atoms with van der Waals surface area (Å²) in [6, 6.07) is 0. The van der Waals surface area contributed by atoms with E-state index >= 15 is 0 Å². The SMILES string of the molecule is CCNC(=NCC1(N2CCOCC2)CCCCC1)NCC1(O)CCC1.I. The van der Waals surface area contributed by atoms with Gasteiger partial charge in [-0.25, -0.2) is 0 Å². The van der Waals surface area contributed by atoms with E-state index in [-0.39, 0.29) is 29.5 Å². The molecular weight excluding hydrogens is 443 g/mol. The fourth-order valence-corrected chi connectivity index (χ4v) is 4.40. The third-order valence-electron chi connectivity index (χ3n) is 6.21. The quantitative estimate of drug-likeness (QED) is 0.309. The van der Waals surface area contributed by atoms with Crippen LogP contribution in [0.25, 0.3) is 0 Å². The number of nitrogens with zero attached hydrogens (tertiary/aromatic N) is 2. The van der Waals surface area contributed by atoms with E-state index < -0.39 is 5.60 Å². The largest absolute Gasteiger partial charge is 0.388 e. The molecule has 1 heterocycles. The number of aliphatic imine (C=N–C) groups is 1. The molecule has 0 spiro atoms. The molecule has 26 heavy (non-hydrogen) atoms. The Balaban J connectivity index is 0.00000243. The van der Waals surface area contributed by atoms with Gasteiger partial charge in [0.1, 0.15) is 0 Å². The molecule has 3 fully saturated rings. The van der Waals surface area contributed by atoms with Crippen LogP contribution in [0.2, 0.25) is 0 Å². The highest BCUT2D eigenvalue weighted by Gasteiger charge is 2.39. The zero-order chi connectivity index (χ0) is 17.6. The van der Waals surface area contributed by atoms with Crippen LogP contribution in [0.3, 0.4) is 0 Å². The average molecular weight is 480 g/mol. The molecule has 1 saturated heterocycles. The zero-order valence-electron chi connectivity index (χ0n) is 16.3. The number of hydrogen-bond acceptors (Lipinski definition) is 4. The Morgan fingerprint density at radius 1 is 1.04 bits per heavy atom. The van der Waals surface area contributed by atoms with E-state index in [0.717, 1.165) is 64.6 Å². The molecule has 6 nitrogen and oxygen atoms in total. The van der Waals surface area contributed by atoms with E-state index in [2.05, 4.69) is 22.5 Å². The van der Waals surface area contributed by atoms with Crippen molar-refractivity contribution in [3.8, 4) is 0 Å². The minimum Gasteiger partial charge on any atom is -0.388 e. The summed E-state index contributed by atoms with van der Waals surface area (Å²) in [5.41, 5.74) is -0.333. The van der Waals surface area contributed by atoms with Crippen LogP contribution < -0.4 is 10.6 Å². The molecule has 3 aliphatic rings. The first-order chi connectivity index (χ1) is 12.2. The summed E-state index contributed by atoms with van der Waals surface area (Å²) in [5, 5.41) is 17.0. The monoisotopic (exact) mass is 480 g/mol. The Hall–Kier alpha value is -0.120. The summed E-state index contributed by atoms with van der Waals surface area (Å²) >= 11 is 0. The Morgan fingerprint density at radius 2 is 1.73 bits per heavy atom. The summed E-state index contributed by atoms with van der Waals surface area (Å²) < 4.78 is 5.56. The van der Waals surface area contributed by atoms with Gasteiger partial charge in [-0.15, -0.1) is 24.0 Å². The lowest BCUT2D eigenvalue weighted by atomic mass is 9.80. The summed E-state index contributed by atoms with van der Waals surface area (Å²) in [6.45, 7) is 8.11. The Labute approximate surface area is 175 Å². The van der Waals surface area contributed by atoms with Gasteiger partial charge in [0.2, 0.25) is 0 Å². The van der Waals surface area contributed by atoms with Crippen LogP contribution in [-0.4, -0.2) is 73.0 Å². The van der Waals surface area contributed by atoms with Gasteiger partial charge in [-0.05, 0) is 39.0 Å². The predicted molar refractivity (Wildman–Crippen MR) is 116 cm³/mol. The normalized spacial score (nSPS) is 25.7. The molecular formula is C19H37IN4O2. The van der Waals surface area contributed by atoms with Crippen molar-refractivity contribution in [2.24, 2.45) is 4.99 Å². The number of ether oxygens (including phenoxy) is 1. The van der Waals surface area contributed by atoms with Gasteiger partial charge in [0.25, 0.3) is 0 Å². The maximum Gasteiger partial charge on any atom is 0.191 e. The summed E-state index contributed by atoms with van der Waals surface area (Å²) in [4.78, 5) is 7.57. The molecule has 0 aromatic heterocycles. The summed E-state index contributed by atoms with van der Waals surface area (Å²) in [6.07, 6.45) is 9.36. The van der Waals surface area contributed by atoms with E-state index in [1.165, 1.54) is 32.1 Å². The lowest BCUT2D eigenvalue weighted by Gasteiger charge is -2.47. The second-order valence-electron chi connectivity index (χ2n) is 8.01. The lowest BCUT2D eigenvalue weighted by molar-refractivity contribution is -0.0336. The van der Waals surface area contributed by atoms with Gasteiger partial charge in [-0.2, -0.15) is 0 Å². The predicted octanol–water partition coefficient (Wildman–Crippen LogP) is 2.11. The fourth-order valence-electron chi connectivity index (χ4n) is 4.40. The van der Waals surface area contributed by atoms with Crippen LogP contribution in [0.1, 0.15) is 58.3 Å². The number of nitrogens with one attached hydrogen (secondary N) is 2. The van der Waals surface area contributed by atoms with Crippen molar-refractivity contribution >= 4 is 29.9 Å². The molecule has 0 amide bonds. The second kappa shape index (κ2) is 10.4. The maximum atomic E-state index is 10.3. The smallest absolute Gasteiger partial charge is 0.191 e. The third-order valence-corrected chi connectivity index (χ3v) is 6.21. The molecule has 0 unspecified atom stereocenters. The third kappa shape index (κ3) is 5.69. The average Bonchev–Trinajstić information content (AvgIpc) is 2.64. The molecule has 0 aromatic carbocycles. The Kier molecular flexibility index (Phi) is 8.90. The van der Waals surface area contributed by atoms with Crippen molar-refractivity contribution in [3.05, 3.63) is 0 Å². The highest BCUT2D eigenvalue weighted by molar-refractivity contribution is 14.0. The molecule has 0 atom stereocenters. The first kappa shape index (κ1) is 22.2. The van der Waals surface area contributed by atoms with Gasteiger partial charge in [-0.3, -0.25) is 9.89 Å². The minimum atomic E-state index is -0.525. The van der Waals surface area contributed by atoms with Crippen LogP contribution >= 0.6 is 24.0 Å². The molecule has 2 saturated carbocycles. The number of halogens is 1. The topological polar surface area (TPSA) is 69.1 Å². The highest BCUT2D eigenvalue weighted by Crippen LogP contribution is 2.35. The zero-order valence-corrected chi connectivity index (χ0v) is 18.6. The molecule has 152 valence electrons. The number of guanidine groups is 1. The van der Waals surface area contributed by atoms with Gasteiger partial charge >= 0.3 is 0 Å². The van der Waals surface area contributed by atoms with Crippen LogP contribution in [0.5, 0.6) is 0 Å². The van der Waals surface area contributed by atoms with Crippen LogP contribution in [0.4, 0.5) is 0 Å². The number of aliphatic hydroxyl groups is 1. The van der Waals surface area contributed by atoms with Gasteiger partial charge < -0.3 is 20.5 Å². The van der Waals surface area contributed by atoms with E-state index in [0.29, 0.717) is 6.54 Å². The summed E-state index contributed by atoms with van der Waals surface area (Å²) in [7, 11) is 0. The number of morpholine rings is 1.